The lowest BCUT2D eigenvalue weighted by Gasteiger charge is -2.04. The number of hydrogen-bond donors (Lipinski definition) is 1. The molecule has 1 N–H and O–H groups in total. The average Bonchev–Trinajstić information content (AvgIpc) is 2.72. The first-order valence-electron chi connectivity index (χ1n) is 5.95. The van der Waals surface area contributed by atoms with E-state index in [-0.39, 0.29) is 0 Å². The van der Waals surface area contributed by atoms with Crippen LogP contribution in [-0.2, 0) is 16.3 Å². The number of benzene rings is 1. The topological polar surface area (TPSA) is 49.9 Å². The third-order valence-electron chi connectivity index (χ3n) is 3.02. The van der Waals surface area contributed by atoms with E-state index >= 15 is 0 Å². The minimum atomic E-state index is -3.41. The van der Waals surface area contributed by atoms with E-state index in [0.29, 0.717) is 15.5 Å². The van der Waals surface area contributed by atoms with Gasteiger partial charge in [0, 0.05) is 11.4 Å². The average molecular weight is 263 g/mol. The molecule has 0 spiro atoms. The summed E-state index contributed by atoms with van der Waals surface area (Å²) in [7, 11) is -3.41. The van der Waals surface area contributed by atoms with Gasteiger partial charge in [0.05, 0.1) is 9.79 Å². The van der Waals surface area contributed by atoms with Gasteiger partial charge in [-0.1, -0.05) is 24.6 Å². The molecule has 0 aliphatic rings. The predicted molar refractivity (Wildman–Crippen MR) is 71.5 cm³/mol. The first-order valence-corrected chi connectivity index (χ1v) is 7.43. The maximum Gasteiger partial charge on any atom is 0.208 e. The standard InChI is InChI=1S/C14H17NO2S/c1-4-12-9-14(11(3)15-12)18(16,17)13-7-5-10(2)6-8-13/h5-9,15H,4H2,1-3H3. The molecule has 0 saturated heterocycles. The Morgan fingerprint density at radius 1 is 1.11 bits per heavy atom. The zero-order valence-corrected chi connectivity index (χ0v) is 11.6. The van der Waals surface area contributed by atoms with Crippen LogP contribution in [-0.4, -0.2) is 13.4 Å². The van der Waals surface area contributed by atoms with Gasteiger partial charge in [-0.2, -0.15) is 0 Å². The highest BCUT2D eigenvalue weighted by atomic mass is 32.2. The van der Waals surface area contributed by atoms with Crippen LogP contribution < -0.4 is 0 Å². The first-order chi connectivity index (χ1) is 8.45. The minimum absolute atomic E-state index is 0.345. The van der Waals surface area contributed by atoms with Crippen molar-refractivity contribution in [3.8, 4) is 0 Å². The normalized spacial score (nSPS) is 11.7. The molecule has 0 unspecified atom stereocenters. The summed E-state index contributed by atoms with van der Waals surface area (Å²) in [5, 5.41) is 0. The number of aromatic nitrogens is 1. The summed E-state index contributed by atoms with van der Waals surface area (Å²) in [4.78, 5) is 3.83. The molecule has 96 valence electrons. The maximum absolute atomic E-state index is 12.5. The number of hydrogen-bond acceptors (Lipinski definition) is 2. The molecule has 1 aromatic heterocycles. The fourth-order valence-electron chi connectivity index (χ4n) is 1.92. The van der Waals surface area contributed by atoms with Crippen molar-refractivity contribution in [3.05, 3.63) is 47.3 Å². The number of aromatic amines is 1. The second-order valence-electron chi connectivity index (χ2n) is 4.45. The second kappa shape index (κ2) is 4.61. The van der Waals surface area contributed by atoms with Gasteiger partial charge in [-0.25, -0.2) is 8.42 Å². The van der Waals surface area contributed by atoms with Crippen LogP contribution in [0.15, 0.2) is 40.1 Å². The van der Waals surface area contributed by atoms with Gasteiger partial charge in [0.15, 0.2) is 0 Å². The van der Waals surface area contributed by atoms with Gasteiger partial charge in [0.1, 0.15) is 0 Å². The maximum atomic E-state index is 12.5. The molecule has 0 radical (unpaired) electrons. The van der Waals surface area contributed by atoms with Gasteiger partial charge < -0.3 is 4.98 Å². The van der Waals surface area contributed by atoms with Crippen LogP contribution in [0, 0.1) is 13.8 Å². The molecule has 1 heterocycles. The second-order valence-corrected chi connectivity index (χ2v) is 6.37. The predicted octanol–water partition coefficient (Wildman–Crippen LogP) is 3.03. The van der Waals surface area contributed by atoms with E-state index in [1.54, 1.807) is 25.1 Å². The van der Waals surface area contributed by atoms with E-state index in [1.807, 2.05) is 26.0 Å². The molecule has 0 fully saturated rings. The molecular formula is C14H17NO2S. The summed E-state index contributed by atoms with van der Waals surface area (Å²) in [6.45, 7) is 5.72. The van der Waals surface area contributed by atoms with Crippen molar-refractivity contribution >= 4 is 9.84 Å². The Hall–Kier alpha value is -1.55. The van der Waals surface area contributed by atoms with Crippen LogP contribution >= 0.6 is 0 Å². The monoisotopic (exact) mass is 263 g/mol. The fourth-order valence-corrected chi connectivity index (χ4v) is 3.42. The first kappa shape index (κ1) is 12.9. The van der Waals surface area contributed by atoms with Gasteiger partial charge in [0.25, 0.3) is 0 Å². The van der Waals surface area contributed by atoms with Crippen LogP contribution in [0.1, 0.15) is 23.9 Å². The van der Waals surface area contributed by atoms with Crippen molar-refractivity contribution in [1.29, 1.82) is 0 Å². The Bertz CT molecular complexity index is 652. The SMILES string of the molecule is CCc1cc(S(=O)(=O)c2ccc(C)cc2)c(C)[nH]1. The molecule has 0 bridgehead atoms. The Morgan fingerprint density at radius 3 is 2.22 bits per heavy atom. The van der Waals surface area contributed by atoms with Crippen molar-refractivity contribution in [2.45, 2.75) is 37.0 Å². The summed E-state index contributed by atoms with van der Waals surface area (Å²) in [5.74, 6) is 0. The molecule has 0 aliphatic carbocycles. The van der Waals surface area contributed by atoms with Gasteiger partial charge in [0.2, 0.25) is 9.84 Å². The molecule has 4 heteroatoms. The fraction of sp³-hybridized carbons (Fsp3) is 0.286. The Labute approximate surface area is 108 Å². The lowest BCUT2D eigenvalue weighted by molar-refractivity contribution is 0.595. The van der Waals surface area contributed by atoms with Crippen molar-refractivity contribution in [3.63, 3.8) is 0 Å². The van der Waals surface area contributed by atoms with E-state index in [1.165, 1.54) is 0 Å². The molecule has 1 aromatic carbocycles. The van der Waals surface area contributed by atoms with Crippen LogP contribution in [0.2, 0.25) is 0 Å². The number of nitrogens with one attached hydrogen (secondary N) is 1. The molecule has 18 heavy (non-hydrogen) atoms. The zero-order chi connectivity index (χ0) is 13.3. The molecule has 3 nitrogen and oxygen atoms in total. The van der Waals surface area contributed by atoms with E-state index in [9.17, 15) is 8.42 Å². The van der Waals surface area contributed by atoms with Crippen LogP contribution in [0.4, 0.5) is 0 Å². The van der Waals surface area contributed by atoms with E-state index in [0.717, 1.165) is 17.7 Å². The summed E-state index contributed by atoms with van der Waals surface area (Å²) < 4.78 is 25.0. The lowest BCUT2D eigenvalue weighted by Crippen LogP contribution is -2.02. The summed E-state index contributed by atoms with van der Waals surface area (Å²) in [5.41, 5.74) is 2.69. The van der Waals surface area contributed by atoms with E-state index in [4.69, 9.17) is 0 Å². The van der Waals surface area contributed by atoms with Crippen molar-refractivity contribution in [2.24, 2.45) is 0 Å². The Kier molecular flexibility index (Phi) is 3.30. The van der Waals surface area contributed by atoms with Crippen LogP contribution in [0.3, 0.4) is 0 Å². The van der Waals surface area contributed by atoms with Gasteiger partial charge >= 0.3 is 0 Å². The van der Waals surface area contributed by atoms with Crippen molar-refractivity contribution in [1.82, 2.24) is 4.98 Å². The quantitative estimate of drug-likeness (QED) is 0.925. The molecule has 0 aliphatic heterocycles. The van der Waals surface area contributed by atoms with Crippen LogP contribution in [0.25, 0.3) is 0 Å². The molecule has 2 rings (SSSR count). The number of rotatable bonds is 3. The van der Waals surface area contributed by atoms with E-state index < -0.39 is 9.84 Å². The Morgan fingerprint density at radius 2 is 1.72 bits per heavy atom. The third kappa shape index (κ3) is 2.20. The smallest absolute Gasteiger partial charge is 0.208 e. The van der Waals surface area contributed by atoms with Crippen LogP contribution in [0.5, 0.6) is 0 Å². The number of aryl methyl sites for hydroxylation is 3. The number of H-pyrrole nitrogens is 1. The van der Waals surface area contributed by atoms with Gasteiger partial charge in [-0.05, 0) is 38.5 Å². The van der Waals surface area contributed by atoms with Gasteiger partial charge in [-0.3, -0.25) is 0 Å². The highest BCUT2D eigenvalue weighted by Crippen LogP contribution is 2.25. The third-order valence-corrected chi connectivity index (χ3v) is 4.92. The van der Waals surface area contributed by atoms with E-state index in [2.05, 4.69) is 4.98 Å². The molecule has 0 saturated carbocycles. The van der Waals surface area contributed by atoms with Crippen molar-refractivity contribution < 1.29 is 8.42 Å². The Balaban J connectivity index is 2.54. The highest BCUT2D eigenvalue weighted by Gasteiger charge is 2.21. The zero-order valence-electron chi connectivity index (χ0n) is 10.8. The molecule has 0 amide bonds. The number of sulfone groups is 1. The summed E-state index contributed by atoms with van der Waals surface area (Å²) in [6.07, 6.45) is 0.796. The van der Waals surface area contributed by atoms with Crippen molar-refractivity contribution in [2.75, 3.05) is 0 Å². The highest BCUT2D eigenvalue weighted by molar-refractivity contribution is 7.91. The minimum Gasteiger partial charge on any atom is -0.361 e. The summed E-state index contributed by atoms with van der Waals surface area (Å²) in [6, 6.07) is 8.67. The molecule has 0 atom stereocenters. The lowest BCUT2D eigenvalue weighted by atomic mass is 10.2. The summed E-state index contributed by atoms with van der Waals surface area (Å²) >= 11 is 0. The van der Waals surface area contributed by atoms with Gasteiger partial charge in [-0.15, -0.1) is 0 Å². The molecular weight excluding hydrogens is 246 g/mol. The largest absolute Gasteiger partial charge is 0.361 e. The molecule has 2 aromatic rings.